The van der Waals surface area contributed by atoms with Gasteiger partial charge in [-0.15, -0.1) is 0 Å². The van der Waals surface area contributed by atoms with Gasteiger partial charge in [0.2, 0.25) is 5.88 Å². The average Bonchev–Trinajstić information content (AvgIpc) is 2.49. The van der Waals surface area contributed by atoms with Crippen molar-refractivity contribution < 1.29 is 22.7 Å². The van der Waals surface area contributed by atoms with Gasteiger partial charge >= 0.3 is 6.18 Å². The molecule has 3 rings (SSSR count). The molecule has 2 heterocycles. The molecule has 2 aromatic rings. The number of hydrogen-bond acceptors (Lipinski definition) is 3. The van der Waals surface area contributed by atoms with E-state index in [4.69, 9.17) is 4.74 Å². The maximum Gasteiger partial charge on any atom is 0.417 e. The molecule has 1 saturated heterocycles. The summed E-state index contributed by atoms with van der Waals surface area (Å²) in [5, 5.41) is 0. The minimum Gasteiger partial charge on any atom is -0.471 e. The minimum absolute atomic E-state index is 0.113. The standard InChI is InChI=1S/C16H12BrF3N2O2/c17-12-3-1-2-10(6-12)15(23)22-8-13(9-22)24-14-5-4-11(7-21-14)16(18,19)20/h1-7,13H,8-9H2. The van der Waals surface area contributed by atoms with Crippen LogP contribution in [0.2, 0.25) is 0 Å². The van der Waals surface area contributed by atoms with Crippen molar-refractivity contribution in [1.82, 2.24) is 9.88 Å². The van der Waals surface area contributed by atoms with E-state index in [0.29, 0.717) is 18.7 Å². The molecule has 4 nitrogen and oxygen atoms in total. The summed E-state index contributed by atoms with van der Waals surface area (Å²) in [6, 6.07) is 9.16. The Morgan fingerprint density at radius 3 is 2.58 bits per heavy atom. The topological polar surface area (TPSA) is 42.4 Å². The Morgan fingerprint density at radius 2 is 2.00 bits per heavy atom. The summed E-state index contributed by atoms with van der Waals surface area (Å²) < 4.78 is 43.7. The number of alkyl halides is 3. The van der Waals surface area contributed by atoms with Crippen molar-refractivity contribution in [3.05, 3.63) is 58.2 Å². The summed E-state index contributed by atoms with van der Waals surface area (Å²) in [4.78, 5) is 17.5. The zero-order valence-electron chi connectivity index (χ0n) is 12.3. The molecule has 126 valence electrons. The predicted molar refractivity (Wildman–Crippen MR) is 83.7 cm³/mol. The number of likely N-dealkylation sites (tertiary alicyclic amines) is 1. The number of ether oxygens (including phenoxy) is 1. The Morgan fingerprint density at radius 1 is 1.25 bits per heavy atom. The molecule has 0 radical (unpaired) electrons. The van der Waals surface area contributed by atoms with Gasteiger partial charge in [0, 0.05) is 22.3 Å². The van der Waals surface area contributed by atoms with Gasteiger partial charge in [-0.2, -0.15) is 13.2 Å². The number of carbonyl (C=O) groups excluding carboxylic acids is 1. The summed E-state index contributed by atoms with van der Waals surface area (Å²) in [7, 11) is 0. The van der Waals surface area contributed by atoms with Crippen LogP contribution in [0, 0.1) is 0 Å². The third-order valence-electron chi connectivity index (χ3n) is 3.56. The Balaban J connectivity index is 1.54. The third kappa shape index (κ3) is 3.69. The number of rotatable bonds is 3. The molecule has 1 aromatic heterocycles. The lowest BCUT2D eigenvalue weighted by molar-refractivity contribution is -0.137. The van der Waals surface area contributed by atoms with Crippen molar-refractivity contribution in [2.75, 3.05) is 13.1 Å². The number of amides is 1. The van der Waals surface area contributed by atoms with Gasteiger partial charge in [-0.05, 0) is 24.3 Å². The van der Waals surface area contributed by atoms with E-state index in [-0.39, 0.29) is 17.9 Å². The van der Waals surface area contributed by atoms with Gasteiger partial charge in [0.25, 0.3) is 5.91 Å². The van der Waals surface area contributed by atoms with Crippen molar-refractivity contribution in [3.8, 4) is 5.88 Å². The molecule has 1 aliphatic rings. The number of hydrogen-bond donors (Lipinski definition) is 0. The van der Waals surface area contributed by atoms with Gasteiger partial charge in [0.05, 0.1) is 18.7 Å². The monoisotopic (exact) mass is 400 g/mol. The maximum absolute atomic E-state index is 12.5. The molecular formula is C16H12BrF3N2O2. The van der Waals surface area contributed by atoms with Crippen molar-refractivity contribution in [2.24, 2.45) is 0 Å². The predicted octanol–water partition coefficient (Wildman–Crippen LogP) is 3.77. The summed E-state index contributed by atoms with van der Waals surface area (Å²) in [5.41, 5.74) is -0.259. The normalized spacial score (nSPS) is 15.1. The van der Waals surface area contributed by atoms with Gasteiger partial charge in [-0.1, -0.05) is 22.0 Å². The van der Waals surface area contributed by atoms with Crippen LogP contribution in [0.5, 0.6) is 5.88 Å². The van der Waals surface area contributed by atoms with Crippen molar-refractivity contribution in [3.63, 3.8) is 0 Å². The number of pyridine rings is 1. The van der Waals surface area contributed by atoms with Crippen LogP contribution in [0.25, 0.3) is 0 Å². The fraction of sp³-hybridized carbons (Fsp3) is 0.250. The van der Waals surface area contributed by atoms with Crippen molar-refractivity contribution >= 4 is 21.8 Å². The first-order valence-electron chi connectivity index (χ1n) is 7.07. The number of carbonyl (C=O) groups is 1. The van der Waals surface area contributed by atoms with Crippen LogP contribution in [0.15, 0.2) is 47.1 Å². The zero-order chi connectivity index (χ0) is 17.3. The first kappa shape index (κ1) is 16.8. The second kappa shape index (κ2) is 6.43. The van der Waals surface area contributed by atoms with Crippen LogP contribution < -0.4 is 4.74 Å². The molecule has 0 bridgehead atoms. The van der Waals surface area contributed by atoms with Crippen LogP contribution in [0.4, 0.5) is 13.2 Å². The fourth-order valence-corrected chi connectivity index (χ4v) is 2.67. The molecule has 8 heteroatoms. The van der Waals surface area contributed by atoms with Crippen LogP contribution in [0.1, 0.15) is 15.9 Å². The van der Waals surface area contributed by atoms with Gasteiger partial charge < -0.3 is 9.64 Å². The van der Waals surface area contributed by atoms with Crippen molar-refractivity contribution in [1.29, 1.82) is 0 Å². The molecule has 0 N–H and O–H groups in total. The van der Waals surface area contributed by atoms with E-state index in [9.17, 15) is 18.0 Å². The average molecular weight is 401 g/mol. The maximum atomic E-state index is 12.5. The van der Waals surface area contributed by atoms with E-state index in [1.165, 1.54) is 6.07 Å². The molecule has 0 atom stereocenters. The van der Waals surface area contributed by atoms with E-state index in [0.717, 1.165) is 16.7 Å². The summed E-state index contributed by atoms with van der Waals surface area (Å²) in [6.45, 7) is 0.738. The largest absolute Gasteiger partial charge is 0.471 e. The summed E-state index contributed by atoms with van der Waals surface area (Å²) >= 11 is 3.31. The zero-order valence-corrected chi connectivity index (χ0v) is 13.8. The van der Waals surface area contributed by atoms with E-state index in [1.54, 1.807) is 23.1 Å². The highest BCUT2D eigenvalue weighted by Gasteiger charge is 2.34. The Bertz CT molecular complexity index is 744. The number of benzene rings is 1. The van der Waals surface area contributed by atoms with Gasteiger partial charge in [-0.3, -0.25) is 4.79 Å². The second-order valence-electron chi connectivity index (χ2n) is 5.34. The fourth-order valence-electron chi connectivity index (χ4n) is 2.27. The molecule has 0 saturated carbocycles. The van der Waals surface area contributed by atoms with E-state index < -0.39 is 11.7 Å². The molecule has 1 amide bonds. The van der Waals surface area contributed by atoms with Crippen molar-refractivity contribution in [2.45, 2.75) is 12.3 Å². The highest BCUT2D eigenvalue weighted by molar-refractivity contribution is 9.10. The first-order chi connectivity index (χ1) is 11.3. The highest BCUT2D eigenvalue weighted by atomic mass is 79.9. The molecule has 1 aliphatic heterocycles. The van der Waals surface area contributed by atoms with E-state index in [2.05, 4.69) is 20.9 Å². The minimum atomic E-state index is -4.42. The Kier molecular flexibility index (Phi) is 4.49. The van der Waals surface area contributed by atoms with Crippen LogP contribution in [0.3, 0.4) is 0 Å². The molecule has 1 fully saturated rings. The lowest BCUT2D eigenvalue weighted by Gasteiger charge is -2.38. The molecule has 0 aliphatic carbocycles. The van der Waals surface area contributed by atoms with E-state index >= 15 is 0 Å². The lowest BCUT2D eigenvalue weighted by Crippen LogP contribution is -2.56. The van der Waals surface area contributed by atoms with Crippen LogP contribution in [-0.2, 0) is 6.18 Å². The molecular weight excluding hydrogens is 389 g/mol. The molecule has 1 aromatic carbocycles. The Hall–Kier alpha value is -2.09. The van der Waals surface area contributed by atoms with Crippen LogP contribution >= 0.6 is 15.9 Å². The van der Waals surface area contributed by atoms with Gasteiger partial charge in [-0.25, -0.2) is 4.98 Å². The quantitative estimate of drug-likeness (QED) is 0.787. The van der Waals surface area contributed by atoms with Gasteiger partial charge in [0.15, 0.2) is 0 Å². The molecule has 0 spiro atoms. The number of aromatic nitrogens is 1. The third-order valence-corrected chi connectivity index (χ3v) is 4.05. The lowest BCUT2D eigenvalue weighted by atomic mass is 10.1. The molecule has 24 heavy (non-hydrogen) atoms. The van der Waals surface area contributed by atoms with Crippen LogP contribution in [-0.4, -0.2) is 35.0 Å². The SMILES string of the molecule is O=C(c1cccc(Br)c1)N1CC(Oc2ccc(C(F)(F)F)cn2)C1. The number of halogens is 4. The second-order valence-corrected chi connectivity index (χ2v) is 6.26. The first-order valence-corrected chi connectivity index (χ1v) is 7.87. The highest BCUT2D eigenvalue weighted by Crippen LogP contribution is 2.29. The summed E-state index contributed by atoms with van der Waals surface area (Å²) in [5.74, 6) is -0.000849. The number of nitrogens with zero attached hydrogens (tertiary/aromatic N) is 2. The van der Waals surface area contributed by atoms with E-state index in [1.807, 2.05) is 6.07 Å². The molecule has 0 unspecified atom stereocenters. The van der Waals surface area contributed by atoms with Gasteiger partial charge in [0.1, 0.15) is 6.10 Å². The smallest absolute Gasteiger partial charge is 0.417 e. The summed E-state index contributed by atoms with van der Waals surface area (Å²) in [6.07, 6.45) is -3.96. The Labute approximate surface area is 144 Å².